The number of rotatable bonds is 4. The van der Waals surface area contributed by atoms with Crippen molar-refractivity contribution in [3.05, 3.63) is 42.5 Å². The van der Waals surface area contributed by atoms with E-state index < -0.39 is 0 Å². The molecule has 102 valence electrons. The lowest BCUT2D eigenvalue weighted by Crippen LogP contribution is -2.55. The van der Waals surface area contributed by atoms with Gasteiger partial charge in [0.15, 0.2) is 0 Å². The molecule has 0 radical (unpaired) electrons. The SMILES string of the molecule is c1ccc(N2CC(Nc3cc(C4CC4)ncn3)C2)nc1. The molecular weight excluding hydrogens is 250 g/mol. The van der Waals surface area contributed by atoms with Crippen molar-refractivity contribution in [2.24, 2.45) is 0 Å². The van der Waals surface area contributed by atoms with Crippen LogP contribution in [0.4, 0.5) is 11.6 Å². The van der Waals surface area contributed by atoms with Gasteiger partial charge in [-0.05, 0) is 25.0 Å². The Bertz CT molecular complexity index is 590. The van der Waals surface area contributed by atoms with Gasteiger partial charge in [0, 0.05) is 37.0 Å². The summed E-state index contributed by atoms with van der Waals surface area (Å²) in [6, 6.07) is 8.56. The molecule has 1 N–H and O–H groups in total. The molecule has 20 heavy (non-hydrogen) atoms. The molecule has 1 aliphatic heterocycles. The predicted octanol–water partition coefficient (Wildman–Crippen LogP) is 2.05. The summed E-state index contributed by atoms with van der Waals surface area (Å²) >= 11 is 0. The fourth-order valence-corrected chi connectivity index (χ4v) is 2.56. The molecule has 1 saturated heterocycles. The second kappa shape index (κ2) is 4.74. The van der Waals surface area contributed by atoms with Gasteiger partial charge in [-0.2, -0.15) is 0 Å². The van der Waals surface area contributed by atoms with Gasteiger partial charge in [-0.3, -0.25) is 0 Å². The van der Waals surface area contributed by atoms with E-state index >= 15 is 0 Å². The molecular formula is C15H17N5. The quantitative estimate of drug-likeness (QED) is 0.919. The van der Waals surface area contributed by atoms with Crippen LogP contribution < -0.4 is 10.2 Å². The summed E-state index contributed by atoms with van der Waals surface area (Å²) in [5, 5.41) is 3.48. The van der Waals surface area contributed by atoms with E-state index in [1.54, 1.807) is 6.33 Å². The molecule has 2 aromatic heterocycles. The summed E-state index contributed by atoms with van der Waals surface area (Å²) in [5.41, 5.74) is 1.18. The number of anilines is 2. The normalized spacial score (nSPS) is 18.7. The van der Waals surface area contributed by atoms with Crippen molar-refractivity contribution in [2.75, 3.05) is 23.3 Å². The molecule has 1 aliphatic carbocycles. The first-order chi connectivity index (χ1) is 9.88. The molecule has 0 amide bonds. The number of nitrogens with one attached hydrogen (secondary N) is 1. The van der Waals surface area contributed by atoms with Gasteiger partial charge in [-0.1, -0.05) is 6.07 Å². The fraction of sp³-hybridized carbons (Fsp3) is 0.400. The maximum absolute atomic E-state index is 4.36. The van der Waals surface area contributed by atoms with Crippen molar-refractivity contribution < 1.29 is 0 Å². The van der Waals surface area contributed by atoms with Gasteiger partial charge in [0.2, 0.25) is 0 Å². The maximum Gasteiger partial charge on any atom is 0.129 e. The third-order valence-corrected chi connectivity index (χ3v) is 3.89. The Labute approximate surface area is 118 Å². The van der Waals surface area contributed by atoms with Crippen LogP contribution in [0.2, 0.25) is 0 Å². The van der Waals surface area contributed by atoms with Gasteiger partial charge < -0.3 is 10.2 Å². The number of aromatic nitrogens is 3. The van der Waals surface area contributed by atoms with Crippen LogP contribution in [0.5, 0.6) is 0 Å². The van der Waals surface area contributed by atoms with Gasteiger partial charge >= 0.3 is 0 Å². The van der Waals surface area contributed by atoms with E-state index in [1.165, 1.54) is 18.5 Å². The maximum atomic E-state index is 4.36. The Balaban J connectivity index is 1.36. The molecule has 5 heteroatoms. The topological polar surface area (TPSA) is 53.9 Å². The second-order valence-electron chi connectivity index (χ2n) is 5.54. The van der Waals surface area contributed by atoms with Crippen molar-refractivity contribution in [1.29, 1.82) is 0 Å². The molecule has 1 saturated carbocycles. The number of nitrogens with zero attached hydrogens (tertiary/aromatic N) is 4. The van der Waals surface area contributed by atoms with Crippen molar-refractivity contribution in [3.8, 4) is 0 Å². The van der Waals surface area contributed by atoms with E-state index in [0.717, 1.165) is 24.7 Å². The molecule has 5 nitrogen and oxygen atoms in total. The summed E-state index contributed by atoms with van der Waals surface area (Å²) in [7, 11) is 0. The largest absolute Gasteiger partial charge is 0.364 e. The van der Waals surface area contributed by atoms with Crippen LogP contribution in [-0.2, 0) is 0 Å². The van der Waals surface area contributed by atoms with Crippen LogP contribution in [0.15, 0.2) is 36.8 Å². The van der Waals surface area contributed by atoms with Crippen molar-refractivity contribution >= 4 is 11.6 Å². The molecule has 2 fully saturated rings. The average molecular weight is 267 g/mol. The Morgan fingerprint density at radius 2 is 2.00 bits per heavy atom. The zero-order valence-corrected chi connectivity index (χ0v) is 11.2. The molecule has 0 spiro atoms. The van der Waals surface area contributed by atoms with E-state index in [0.29, 0.717) is 12.0 Å². The molecule has 2 aliphatic rings. The number of pyridine rings is 1. The first-order valence-corrected chi connectivity index (χ1v) is 7.13. The lowest BCUT2D eigenvalue weighted by molar-refractivity contribution is 0.543. The highest BCUT2D eigenvalue weighted by Crippen LogP contribution is 2.39. The summed E-state index contributed by atoms with van der Waals surface area (Å²) in [6.07, 6.45) is 6.05. The molecule has 0 unspecified atom stereocenters. The second-order valence-corrected chi connectivity index (χ2v) is 5.54. The molecule has 0 aromatic carbocycles. The Morgan fingerprint density at radius 1 is 1.10 bits per heavy atom. The lowest BCUT2D eigenvalue weighted by Gasteiger charge is -2.40. The van der Waals surface area contributed by atoms with E-state index in [-0.39, 0.29) is 0 Å². The van der Waals surface area contributed by atoms with Crippen LogP contribution in [0, 0.1) is 0 Å². The van der Waals surface area contributed by atoms with Crippen LogP contribution in [-0.4, -0.2) is 34.1 Å². The molecule has 0 bridgehead atoms. The Kier molecular flexibility index (Phi) is 2.76. The third kappa shape index (κ3) is 2.31. The molecule has 2 aromatic rings. The molecule has 4 rings (SSSR count). The van der Waals surface area contributed by atoms with Crippen LogP contribution >= 0.6 is 0 Å². The van der Waals surface area contributed by atoms with Crippen molar-refractivity contribution in [3.63, 3.8) is 0 Å². The average Bonchev–Trinajstić information content (AvgIpc) is 3.28. The van der Waals surface area contributed by atoms with Gasteiger partial charge in [-0.15, -0.1) is 0 Å². The smallest absolute Gasteiger partial charge is 0.129 e. The van der Waals surface area contributed by atoms with Crippen LogP contribution in [0.25, 0.3) is 0 Å². The first-order valence-electron chi connectivity index (χ1n) is 7.13. The number of hydrogen-bond donors (Lipinski definition) is 1. The monoisotopic (exact) mass is 267 g/mol. The minimum atomic E-state index is 0.443. The third-order valence-electron chi connectivity index (χ3n) is 3.89. The molecule has 0 atom stereocenters. The predicted molar refractivity (Wildman–Crippen MR) is 77.9 cm³/mol. The highest BCUT2D eigenvalue weighted by molar-refractivity contribution is 5.46. The zero-order chi connectivity index (χ0) is 13.4. The summed E-state index contributed by atoms with van der Waals surface area (Å²) in [4.78, 5) is 15.3. The van der Waals surface area contributed by atoms with E-state index in [9.17, 15) is 0 Å². The summed E-state index contributed by atoms with van der Waals surface area (Å²) in [5.74, 6) is 2.67. The van der Waals surface area contributed by atoms with Gasteiger partial charge in [-0.25, -0.2) is 15.0 Å². The minimum Gasteiger partial charge on any atom is -0.364 e. The lowest BCUT2D eigenvalue weighted by atomic mass is 10.1. The number of hydrogen-bond acceptors (Lipinski definition) is 5. The van der Waals surface area contributed by atoms with E-state index in [2.05, 4.69) is 31.2 Å². The highest BCUT2D eigenvalue weighted by Gasteiger charge is 2.29. The minimum absolute atomic E-state index is 0.443. The summed E-state index contributed by atoms with van der Waals surface area (Å²) in [6.45, 7) is 1.94. The Morgan fingerprint density at radius 3 is 2.75 bits per heavy atom. The standard InChI is InChI=1S/C15H17N5/c1-2-6-16-15(3-1)20-8-12(9-20)19-14-7-13(11-4-5-11)17-10-18-14/h1-3,6-7,10-12H,4-5,8-9H2,(H,17,18,19). The van der Waals surface area contributed by atoms with Crippen LogP contribution in [0.3, 0.4) is 0 Å². The van der Waals surface area contributed by atoms with Gasteiger partial charge in [0.1, 0.15) is 18.0 Å². The summed E-state index contributed by atoms with van der Waals surface area (Å²) < 4.78 is 0. The van der Waals surface area contributed by atoms with Crippen molar-refractivity contribution in [2.45, 2.75) is 24.8 Å². The molecule has 3 heterocycles. The van der Waals surface area contributed by atoms with Crippen molar-refractivity contribution in [1.82, 2.24) is 15.0 Å². The highest BCUT2D eigenvalue weighted by atomic mass is 15.3. The Hall–Kier alpha value is -2.17. The van der Waals surface area contributed by atoms with E-state index in [4.69, 9.17) is 0 Å². The van der Waals surface area contributed by atoms with Crippen LogP contribution in [0.1, 0.15) is 24.5 Å². The van der Waals surface area contributed by atoms with Gasteiger partial charge in [0.05, 0.1) is 6.04 Å². The first kappa shape index (κ1) is 11.6. The van der Waals surface area contributed by atoms with E-state index in [1.807, 2.05) is 24.4 Å². The van der Waals surface area contributed by atoms with Gasteiger partial charge in [0.25, 0.3) is 0 Å². The zero-order valence-electron chi connectivity index (χ0n) is 11.2. The fourth-order valence-electron chi connectivity index (χ4n) is 2.56.